The van der Waals surface area contributed by atoms with Crippen LogP contribution in [-0.2, 0) is 14.8 Å². The van der Waals surface area contributed by atoms with Gasteiger partial charge in [-0.1, -0.05) is 17.7 Å². The highest BCUT2D eigenvalue weighted by atomic mass is 127. The Bertz CT molecular complexity index is 707. The Balaban J connectivity index is 0.00000420. The number of aliphatic imine (C=N–C) groups is 1. The molecule has 0 amide bonds. The first-order valence-corrected chi connectivity index (χ1v) is 11.4. The van der Waals surface area contributed by atoms with Gasteiger partial charge in [-0.2, -0.15) is 0 Å². The van der Waals surface area contributed by atoms with E-state index in [1.54, 1.807) is 24.3 Å². The van der Waals surface area contributed by atoms with Gasteiger partial charge in [-0.3, -0.25) is 9.89 Å². The van der Waals surface area contributed by atoms with Crippen LogP contribution in [0.15, 0.2) is 34.2 Å². The van der Waals surface area contributed by atoms with Crippen molar-refractivity contribution in [3.8, 4) is 0 Å². The highest BCUT2D eigenvalue weighted by molar-refractivity contribution is 14.0. The van der Waals surface area contributed by atoms with E-state index in [0.717, 1.165) is 57.9 Å². The van der Waals surface area contributed by atoms with E-state index in [2.05, 4.69) is 25.2 Å². The third kappa shape index (κ3) is 10.1. The summed E-state index contributed by atoms with van der Waals surface area (Å²) >= 11 is 0. The first kappa shape index (κ1) is 26.1. The van der Waals surface area contributed by atoms with E-state index >= 15 is 0 Å². The topological polar surface area (TPSA) is 95.1 Å². The van der Waals surface area contributed by atoms with Crippen LogP contribution in [0, 0.1) is 6.92 Å². The number of rotatable bonds is 10. The van der Waals surface area contributed by atoms with E-state index in [1.807, 2.05) is 13.8 Å². The Morgan fingerprint density at radius 3 is 2.48 bits per heavy atom. The molecule has 1 aromatic carbocycles. The average Bonchev–Trinajstić information content (AvgIpc) is 2.69. The molecule has 1 fully saturated rings. The molecular weight excluding hydrogens is 505 g/mol. The lowest BCUT2D eigenvalue weighted by molar-refractivity contribution is 0.0377. The molecule has 0 spiro atoms. The van der Waals surface area contributed by atoms with Crippen LogP contribution in [0.25, 0.3) is 0 Å². The predicted octanol–water partition coefficient (Wildman–Crippen LogP) is 1.17. The lowest BCUT2D eigenvalue weighted by Gasteiger charge is -2.26. The van der Waals surface area contributed by atoms with Crippen LogP contribution in [0.2, 0.25) is 0 Å². The summed E-state index contributed by atoms with van der Waals surface area (Å²) in [5, 5.41) is 6.36. The van der Waals surface area contributed by atoms with Gasteiger partial charge >= 0.3 is 0 Å². The minimum Gasteiger partial charge on any atom is -0.379 e. The van der Waals surface area contributed by atoms with E-state index in [1.165, 1.54) is 0 Å². The summed E-state index contributed by atoms with van der Waals surface area (Å²) in [5.74, 6) is 0.707. The number of sulfonamides is 1. The lowest BCUT2D eigenvalue weighted by atomic mass is 10.2. The molecule has 0 unspecified atom stereocenters. The zero-order valence-electron chi connectivity index (χ0n) is 17.3. The van der Waals surface area contributed by atoms with Crippen LogP contribution < -0.4 is 15.4 Å². The minimum absolute atomic E-state index is 0. The highest BCUT2D eigenvalue weighted by Crippen LogP contribution is 2.09. The van der Waals surface area contributed by atoms with Gasteiger partial charge in [0.05, 0.1) is 18.1 Å². The molecule has 10 heteroatoms. The Labute approximate surface area is 191 Å². The van der Waals surface area contributed by atoms with Crippen molar-refractivity contribution in [3.63, 3.8) is 0 Å². The molecule has 1 saturated heterocycles. The summed E-state index contributed by atoms with van der Waals surface area (Å²) in [4.78, 5) is 7.23. The molecule has 8 nitrogen and oxygen atoms in total. The van der Waals surface area contributed by atoms with Crippen molar-refractivity contribution in [2.24, 2.45) is 4.99 Å². The van der Waals surface area contributed by atoms with Crippen molar-refractivity contribution in [2.45, 2.75) is 25.2 Å². The van der Waals surface area contributed by atoms with Crippen LogP contribution in [0.1, 0.15) is 18.9 Å². The molecule has 1 aromatic rings. The monoisotopic (exact) mass is 539 g/mol. The van der Waals surface area contributed by atoms with Gasteiger partial charge in [-0.25, -0.2) is 13.1 Å². The molecule has 0 saturated carbocycles. The summed E-state index contributed by atoms with van der Waals surface area (Å²) in [7, 11) is -3.49. The van der Waals surface area contributed by atoms with Gasteiger partial charge in [-0.15, -0.1) is 24.0 Å². The molecule has 0 atom stereocenters. The van der Waals surface area contributed by atoms with Crippen LogP contribution in [-0.4, -0.2) is 78.3 Å². The number of nitrogens with zero attached hydrogens (tertiary/aromatic N) is 2. The van der Waals surface area contributed by atoms with E-state index in [-0.39, 0.29) is 35.4 Å². The van der Waals surface area contributed by atoms with E-state index in [4.69, 9.17) is 4.74 Å². The van der Waals surface area contributed by atoms with Crippen LogP contribution >= 0.6 is 24.0 Å². The standard InChI is InChI=1S/C19H33N5O3S.HI/c1-3-20-19(21-9-4-12-24-13-15-27-16-14-24)22-10-11-23-28(25,26)18-7-5-17(2)6-8-18;/h5-8,23H,3-4,9-16H2,1-2H3,(H2,20,21,22);1H. The summed E-state index contributed by atoms with van der Waals surface area (Å²) in [6.45, 7) is 10.8. The van der Waals surface area contributed by atoms with Crippen molar-refractivity contribution in [1.29, 1.82) is 0 Å². The predicted molar refractivity (Wildman–Crippen MR) is 128 cm³/mol. The van der Waals surface area contributed by atoms with Crippen LogP contribution in [0.5, 0.6) is 0 Å². The molecule has 0 radical (unpaired) electrons. The van der Waals surface area contributed by atoms with Gasteiger partial charge in [-0.05, 0) is 32.4 Å². The van der Waals surface area contributed by atoms with Crippen molar-refractivity contribution in [2.75, 3.05) is 59.0 Å². The van der Waals surface area contributed by atoms with E-state index in [0.29, 0.717) is 12.5 Å². The summed E-state index contributed by atoms with van der Waals surface area (Å²) in [6.07, 6.45) is 0.983. The maximum Gasteiger partial charge on any atom is 0.240 e. The first-order valence-electron chi connectivity index (χ1n) is 9.90. The van der Waals surface area contributed by atoms with Crippen molar-refractivity contribution in [3.05, 3.63) is 29.8 Å². The zero-order valence-corrected chi connectivity index (χ0v) is 20.5. The van der Waals surface area contributed by atoms with Gasteiger partial charge < -0.3 is 15.4 Å². The number of guanidine groups is 1. The zero-order chi connectivity index (χ0) is 20.2. The van der Waals surface area contributed by atoms with Gasteiger partial charge in [0.1, 0.15) is 0 Å². The molecule has 166 valence electrons. The Morgan fingerprint density at radius 1 is 1.14 bits per heavy atom. The molecule has 3 N–H and O–H groups in total. The fraction of sp³-hybridized carbons (Fsp3) is 0.632. The normalized spacial score (nSPS) is 15.6. The molecule has 0 aromatic heterocycles. The van der Waals surface area contributed by atoms with Crippen molar-refractivity contribution in [1.82, 2.24) is 20.3 Å². The summed E-state index contributed by atoms with van der Waals surface area (Å²) < 4.78 is 32.5. The number of ether oxygens (including phenoxy) is 1. The number of morpholine rings is 1. The van der Waals surface area contributed by atoms with Crippen molar-refractivity contribution < 1.29 is 13.2 Å². The molecule has 29 heavy (non-hydrogen) atoms. The minimum atomic E-state index is -3.49. The third-order valence-electron chi connectivity index (χ3n) is 4.39. The number of hydrogen-bond acceptors (Lipinski definition) is 5. The van der Waals surface area contributed by atoms with Crippen LogP contribution in [0.4, 0.5) is 0 Å². The highest BCUT2D eigenvalue weighted by Gasteiger charge is 2.12. The molecule has 1 heterocycles. The van der Waals surface area contributed by atoms with Crippen LogP contribution in [0.3, 0.4) is 0 Å². The second-order valence-corrected chi connectivity index (χ2v) is 8.47. The van der Waals surface area contributed by atoms with Gasteiger partial charge in [0.2, 0.25) is 10.0 Å². The number of benzene rings is 1. The quantitative estimate of drug-likeness (QED) is 0.179. The fourth-order valence-corrected chi connectivity index (χ4v) is 3.85. The Morgan fingerprint density at radius 2 is 1.83 bits per heavy atom. The Hall–Kier alpha value is -0.950. The maximum atomic E-state index is 12.3. The SMILES string of the molecule is CCNC(=NCCCN1CCOCC1)NCCNS(=O)(=O)c1ccc(C)cc1.I. The molecule has 0 bridgehead atoms. The largest absolute Gasteiger partial charge is 0.379 e. The van der Waals surface area contributed by atoms with Gasteiger partial charge in [0.15, 0.2) is 5.96 Å². The molecule has 2 rings (SSSR count). The molecule has 0 aliphatic carbocycles. The second kappa shape index (κ2) is 14.1. The number of aryl methyl sites for hydroxylation is 1. The van der Waals surface area contributed by atoms with Gasteiger partial charge in [0, 0.05) is 45.8 Å². The van der Waals surface area contributed by atoms with Crippen molar-refractivity contribution >= 4 is 40.0 Å². The maximum absolute atomic E-state index is 12.3. The Kier molecular flexibility index (Phi) is 12.7. The number of nitrogens with one attached hydrogen (secondary N) is 3. The van der Waals surface area contributed by atoms with E-state index < -0.39 is 10.0 Å². The molecule has 1 aliphatic heterocycles. The first-order chi connectivity index (χ1) is 13.5. The smallest absolute Gasteiger partial charge is 0.240 e. The second-order valence-electron chi connectivity index (χ2n) is 6.71. The number of hydrogen-bond donors (Lipinski definition) is 3. The average molecular weight is 539 g/mol. The van der Waals surface area contributed by atoms with E-state index in [9.17, 15) is 8.42 Å². The fourth-order valence-electron chi connectivity index (χ4n) is 2.82. The number of halogens is 1. The third-order valence-corrected chi connectivity index (χ3v) is 5.87. The van der Waals surface area contributed by atoms with Gasteiger partial charge in [0.25, 0.3) is 0 Å². The lowest BCUT2D eigenvalue weighted by Crippen LogP contribution is -2.41. The molecular formula is C19H34IN5O3S. The molecule has 1 aliphatic rings. The summed E-state index contributed by atoms with van der Waals surface area (Å²) in [6, 6.07) is 6.81. The summed E-state index contributed by atoms with van der Waals surface area (Å²) in [5.41, 5.74) is 1.03.